The molecule has 0 aromatic heterocycles. The fraction of sp³-hybridized carbons (Fsp3) is 0.733. The van der Waals surface area contributed by atoms with Crippen LogP contribution in [-0.2, 0) is 4.79 Å². The van der Waals surface area contributed by atoms with Gasteiger partial charge < -0.3 is 5.32 Å². The number of rotatable bonds is 2. The molecule has 0 bridgehead atoms. The maximum atomic E-state index is 12.2. The molecule has 0 saturated heterocycles. The van der Waals surface area contributed by atoms with E-state index in [-0.39, 0.29) is 11.8 Å². The van der Waals surface area contributed by atoms with Crippen molar-refractivity contribution in [3.05, 3.63) is 12.2 Å². The molecule has 0 aliphatic heterocycles. The average Bonchev–Trinajstić information content (AvgIpc) is 2.39. The highest BCUT2D eigenvalue weighted by molar-refractivity contribution is 5.80. The van der Waals surface area contributed by atoms with Crippen molar-refractivity contribution in [2.24, 2.45) is 11.8 Å². The second kappa shape index (κ2) is 5.56. The van der Waals surface area contributed by atoms with E-state index in [0.29, 0.717) is 5.92 Å². The van der Waals surface area contributed by atoms with E-state index in [1.807, 2.05) is 0 Å². The molecule has 0 heterocycles. The molecule has 18 heavy (non-hydrogen) atoms. The number of carbonyl (C=O) groups is 1. The van der Waals surface area contributed by atoms with Crippen LogP contribution < -0.4 is 5.32 Å². The third kappa shape index (κ3) is 2.93. The van der Waals surface area contributed by atoms with Crippen LogP contribution in [0.4, 0.5) is 0 Å². The molecule has 1 N–H and O–H groups in total. The number of hydrogen-bond donors (Lipinski definition) is 1. The largest absolute Gasteiger partial charge is 0.338 e. The zero-order valence-electron chi connectivity index (χ0n) is 11.1. The number of nitrogens with one attached hydrogen (secondary N) is 1. The topological polar surface area (TPSA) is 52.9 Å². The molecule has 3 heteroatoms. The number of hydrogen-bond acceptors (Lipinski definition) is 2. The van der Waals surface area contributed by atoms with Gasteiger partial charge >= 0.3 is 0 Å². The summed E-state index contributed by atoms with van der Waals surface area (Å²) in [5.41, 5.74) is -0.601. The second-order valence-electron chi connectivity index (χ2n) is 5.87. The van der Waals surface area contributed by atoms with Gasteiger partial charge in [-0.1, -0.05) is 25.5 Å². The lowest BCUT2D eigenvalue weighted by atomic mass is 9.77. The summed E-state index contributed by atoms with van der Waals surface area (Å²) in [5.74, 6) is 0.678. The molecule has 0 unspecified atom stereocenters. The zero-order chi connectivity index (χ0) is 13.0. The van der Waals surface area contributed by atoms with Gasteiger partial charge in [0.25, 0.3) is 0 Å². The number of amides is 1. The summed E-state index contributed by atoms with van der Waals surface area (Å²) in [5, 5.41) is 12.5. The molecule has 1 amide bonds. The van der Waals surface area contributed by atoms with Crippen molar-refractivity contribution in [1.29, 1.82) is 5.26 Å². The van der Waals surface area contributed by atoms with Crippen molar-refractivity contribution in [2.75, 3.05) is 0 Å². The standard InChI is InChI=1S/C15H22N2O/c1-12-6-5-9-15(10-12,11-16)17-14(18)13-7-3-2-4-8-13/h2-3,12-13H,4-10H2,1H3,(H,17,18)/t12-,13-,15-/m1/s1. The Labute approximate surface area is 109 Å². The van der Waals surface area contributed by atoms with Crippen LogP contribution in [0.15, 0.2) is 12.2 Å². The lowest BCUT2D eigenvalue weighted by Crippen LogP contribution is -2.52. The Kier molecular flexibility index (Phi) is 4.06. The lowest BCUT2D eigenvalue weighted by molar-refractivity contribution is -0.127. The van der Waals surface area contributed by atoms with Gasteiger partial charge in [-0.3, -0.25) is 4.79 Å². The first-order valence-corrected chi connectivity index (χ1v) is 7.03. The van der Waals surface area contributed by atoms with Crippen molar-refractivity contribution in [3.63, 3.8) is 0 Å². The summed E-state index contributed by atoms with van der Waals surface area (Å²) in [6.45, 7) is 2.17. The highest BCUT2D eigenvalue weighted by Gasteiger charge is 2.37. The molecule has 1 fully saturated rings. The molecule has 2 rings (SSSR count). The second-order valence-corrected chi connectivity index (χ2v) is 5.87. The van der Waals surface area contributed by atoms with Crippen LogP contribution in [0.5, 0.6) is 0 Å². The van der Waals surface area contributed by atoms with Gasteiger partial charge in [0.05, 0.1) is 6.07 Å². The Hall–Kier alpha value is -1.30. The van der Waals surface area contributed by atoms with Gasteiger partial charge in [0, 0.05) is 5.92 Å². The molecule has 2 aliphatic rings. The van der Waals surface area contributed by atoms with Gasteiger partial charge in [-0.15, -0.1) is 0 Å². The number of nitriles is 1. The Balaban J connectivity index is 1.99. The van der Waals surface area contributed by atoms with Crippen LogP contribution in [0.25, 0.3) is 0 Å². The van der Waals surface area contributed by atoms with Crippen molar-refractivity contribution >= 4 is 5.91 Å². The first kappa shape index (κ1) is 13.1. The smallest absolute Gasteiger partial charge is 0.224 e. The van der Waals surface area contributed by atoms with Gasteiger partial charge in [-0.2, -0.15) is 5.26 Å². The highest BCUT2D eigenvalue weighted by Crippen LogP contribution is 2.32. The quantitative estimate of drug-likeness (QED) is 0.762. The van der Waals surface area contributed by atoms with Gasteiger partial charge in [0.1, 0.15) is 5.54 Å². The maximum absolute atomic E-state index is 12.2. The van der Waals surface area contributed by atoms with Crippen LogP contribution in [0, 0.1) is 23.2 Å². The normalized spacial score (nSPS) is 35.8. The van der Waals surface area contributed by atoms with Gasteiger partial charge in [0.2, 0.25) is 5.91 Å². The van der Waals surface area contributed by atoms with Gasteiger partial charge in [-0.05, 0) is 44.4 Å². The Bertz CT molecular complexity index is 382. The van der Waals surface area contributed by atoms with Crippen LogP contribution in [-0.4, -0.2) is 11.4 Å². The third-order valence-corrected chi connectivity index (χ3v) is 4.21. The van der Waals surface area contributed by atoms with E-state index in [0.717, 1.165) is 38.5 Å². The van der Waals surface area contributed by atoms with E-state index in [4.69, 9.17) is 0 Å². The van der Waals surface area contributed by atoms with E-state index in [1.54, 1.807) is 0 Å². The lowest BCUT2D eigenvalue weighted by Gasteiger charge is -2.36. The molecule has 0 spiro atoms. The van der Waals surface area contributed by atoms with Gasteiger partial charge in [-0.25, -0.2) is 0 Å². The fourth-order valence-electron chi connectivity index (χ4n) is 3.16. The molecule has 3 nitrogen and oxygen atoms in total. The minimum atomic E-state index is -0.601. The van der Waals surface area contributed by atoms with Crippen LogP contribution >= 0.6 is 0 Å². The Morgan fingerprint density at radius 2 is 2.28 bits per heavy atom. The Morgan fingerprint density at radius 3 is 2.89 bits per heavy atom. The summed E-state index contributed by atoms with van der Waals surface area (Å²) >= 11 is 0. The summed E-state index contributed by atoms with van der Waals surface area (Å²) in [6, 6.07) is 2.37. The van der Waals surface area contributed by atoms with Crippen LogP contribution in [0.2, 0.25) is 0 Å². The fourth-order valence-corrected chi connectivity index (χ4v) is 3.16. The molecule has 3 atom stereocenters. The minimum absolute atomic E-state index is 0.0671. The van der Waals surface area contributed by atoms with Crippen molar-refractivity contribution < 1.29 is 4.79 Å². The molecule has 0 radical (unpaired) electrons. The summed E-state index contributed by atoms with van der Waals surface area (Å²) in [6.07, 6.45) is 10.8. The Morgan fingerprint density at radius 1 is 1.44 bits per heavy atom. The molecule has 98 valence electrons. The monoisotopic (exact) mass is 246 g/mol. The zero-order valence-corrected chi connectivity index (χ0v) is 11.1. The minimum Gasteiger partial charge on any atom is -0.338 e. The SMILES string of the molecule is C[C@@H]1CCC[C@@](C#N)(NC(=O)[C@@H]2CC=CCC2)C1. The molecular formula is C15H22N2O. The molecule has 0 aromatic rings. The predicted molar refractivity (Wildman–Crippen MR) is 70.6 cm³/mol. The van der Waals surface area contributed by atoms with E-state index < -0.39 is 5.54 Å². The summed E-state index contributed by atoms with van der Waals surface area (Å²) < 4.78 is 0. The number of nitrogens with zero attached hydrogens (tertiary/aromatic N) is 1. The van der Waals surface area contributed by atoms with E-state index >= 15 is 0 Å². The van der Waals surface area contributed by atoms with Gasteiger partial charge in [0.15, 0.2) is 0 Å². The average molecular weight is 246 g/mol. The van der Waals surface area contributed by atoms with Crippen molar-refractivity contribution in [1.82, 2.24) is 5.32 Å². The molecular weight excluding hydrogens is 224 g/mol. The van der Waals surface area contributed by atoms with E-state index in [2.05, 4.69) is 30.5 Å². The summed E-state index contributed by atoms with van der Waals surface area (Å²) in [4.78, 5) is 12.2. The number of allylic oxidation sites excluding steroid dienone is 2. The van der Waals surface area contributed by atoms with Crippen molar-refractivity contribution in [2.45, 2.75) is 57.4 Å². The van der Waals surface area contributed by atoms with Crippen LogP contribution in [0.1, 0.15) is 51.9 Å². The highest BCUT2D eigenvalue weighted by atomic mass is 16.2. The van der Waals surface area contributed by atoms with Crippen LogP contribution in [0.3, 0.4) is 0 Å². The molecule has 0 aromatic carbocycles. The van der Waals surface area contributed by atoms with E-state index in [1.165, 1.54) is 6.42 Å². The van der Waals surface area contributed by atoms with Crippen molar-refractivity contribution in [3.8, 4) is 6.07 Å². The molecule has 2 aliphatic carbocycles. The summed E-state index contributed by atoms with van der Waals surface area (Å²) in [7, 11) is 0. The maximum Gasteiger partial charge on any atom is 0.224 e. The first-order valence-electron chi connectivity index (χ1n) is 7.03. The first-order chi connectivity index (χ1) is 8.65. The number of carbonyl (C=O) groups excluding carboxylic acids is 1. The van der Waals surface area contributed by atoms with E-state index in [9.17, 15) is 10.1 Å². The third-order valence-electron chi connectivity index (χ3n) is 4.21. The predicted octanol–water partition coefficient (Wildman–Crippen LogP) is 2.93. The molecule has 1 saturated carbocycles.